The molecule has 99 valence electrons. The highest BCUT2D eigenvalue weighted by Gasteiger charge is 2.07. The molecule has 3 nitrogen and oxygen atoms in total. The van der Waals surface area contributed by atoms with E-state index in [0.29, 0.717) is 12.2 Å². The zero-order valence-corrected chi connectivity index (χ0v) is 11.0. The highest BCUT2D eigenvalue weighted by molar-refractivity contribution is 5.88. The molecule has 0 aliphatic rings. The van der Waals surface area contributed by atoms with E-state index in [9.17, 15) is 4.79 Å². The summed E-state index contributed by atoms with van der Waals surface area (Å²) in [7, 11) is 0. The lowest BCUT2D eigenvalue weighted by atomic mass is 10.1. The van der Waals surface area contributed by atoms with Gasteiger partial charge in [0.15, 0.2) is 0 Å². The first-order valence-electron chi connectivity index (χ1n) is 6.50. The number of aryl methyl sites for hydroxylation is 1. The minimum atomic E-state index is -0.437. The second kappa shape index (κ2) is 8.70. The van der Waals surface area contributed by atoms with Crippen molar-refractivity contribution in [3.8, 4) is 0 Å². The molecule has 1 rings (SSSR count). The highest BCUT2D eigenvalue weighted by Crippen LogP contribution is 2.08. The molecule has 1 aromatic rings. The van der Waals surface area contributed by atoms with E-state index in [-0.39, 0.29) is 0 Å². The third-order valence-corrected chi connectivity index (χ3v) is 2.59. The average Bonchev–Trinajstić information content (AvgIpc) is 2.39. The Hall–Kier alpha value is -1.35. The van der Waals surface area contributed by atoms with Gasteiger partial charge in [0, 0.05) is 0 Å². The van der Waals surface area contributed by atoms with E-state index in [0.717, 1.165) is 32.1 Å². The molecule has 0 aliphatic heterocycles. The van der Waals surface area contributed by atoms with Crippen molar-refractivity contribution in [2.75, 3.05) is 6.61 Å². The molecule has 0 spiro atoms. The summed E-state index contributed by atoms with van der Waals surface area (Å²) in [6.07, 6.45) is 4.82. The molecule has 0 heterocycles. The Morgan fingerprint density at radius 1 is 1.22 bits per heavy atom. The molecule has 0 bridgehead atoms. The molecule has 1 aromatic carbocycles. The summed E-state index contributed by atoms with van der Waals surface area (Å²) in [5.41, 5.74) is 1.75. The predicted octanol–water partition coefficient (Wildman–Crippen LogP) is 3.73. The largest absolute Gasteiger partial charge is 0.373 e. The number of hydrogen-bond donors (Lipinski definition) is 0. The second-order valence-corrected chi connectivity index (χ2v) is 4.20. The molecule has 0 aromatic heterocycles. The Labute approximate surface area is 109 Å². The number of rotatable bonds is 8. The summed E-state index contributed by atoms with van der Waals surface area (Å²) in [5.74, 6) is -0.437. The smallest absolute Gasteiger partial charge is 0.293 e. The van der Waals surface area contributed by atoms with Crippen LogP contribution in [-0.2, 0) is 16.2 Å². The van der Waals surface area contributed by atoms with Crippen molar-refractivity contribution < 1.29 is 14.6 Å². The maximum Gasteiger partial charge on any atom is 0.373 e. The van der Waals surface area contributed by atoms with Gasteiger partial charge in [0.25, 0.3) is 0 Å². The first-order chi connectivity index (χ1) is 8.77. The molecular formula is C15H21O3. The maximum atomic E-state index is 11.6. The molecule has 0 amide bonds. The molecular weight excluding hydrogens is 228 g/mol. The van der Waals surface area contributed by atoms with Crippen molar-refractivity contribution in [1.29, 1.82) is 0 Å². The third-order valence-electron chi connectivity index (χ3n) is 2.59. The molecule has 0 fully saturated rings. The Morgan fingerprint density at radius 2 is 1.94 bits per heavy atom. The van der Waals surface area contributed by atoms with Gasteiger partial charge in [-0.15, -0.1) is 0 Å². The zero-order valence-electron chi connectivity index (χ0n) is 11.0. The van der Waals surface area contributed by atoms with Crippen molar-refractivity contribution in [2.45, 2.75) is 39.0 Å². The Kier molecular flexibility index (Phi) is 7.11. The standard InChI is InChI=1S/C15H21O3/c1-3-5-6-12-17-18-15(16)14-10-8-13(7-4-2)9-11-14/h8-11H,1,3-7,12H2,2H3. The monoisotopic (exact) mass is 249 g/mol. The SMILES string of the molecule is [CH2]CCCCOOC(=O)c1ccc(CCC)cc1. The summed E-state index contributed by atoms with van der Waals surface area (Å²) >= 11 is 0. The number of carbonyl (C=O) groups excluding carboxylic acids is 1. The number of carbonyl (C=O) groups is 1. The van der Waals surface area contributed by atoms with Crippen molar-refractivity contribution in [1.82, 2.24) is 0 Å². The topological polar surface area (TPSA) is 35.5 Å². The van der Waals surface area contributed by atoms with E-state index in [1.807, 2.05) is 12.1 Å². The van der Waals surface area contributed by atoms with Gasteiger partial charge in [0.05, 0.1) is 12.2 Å². The van der Waals surface area contributed by atoms with E-state index < -0.39 is 5.97 Å². The van der Waals surface area contributed by atoms with Gasteiger partial charge < -0.3 is 0 Å². The molecule has 0 N–H and O–H groups in total. The Balaban J connectivity index is 2.32. The Morgan fingerprint density at radius 3 is 2.56 bits per heavy atom. The van der Waals surface area contributed by atoms with Crippen LogP contribution in [0.5, 0.6) is 0 Å². The minimum absolute atomic E-state index is 0.426. The quantitative estimate of drug-likeness (QED) is 0.400. The van der Waals surface area contributed by atoms with Crippen LogP contribution in [0.4, 0.5) is 0 Å². The molecule has 0 saturated heterocycles. The van der Waals surface area contributed by atoms with Gasteiger partial charge in [-0.2, -0.15) is 4.89 Å². The summed E-state index contributed by atoms with van der Waals surface area (Å²) in [6.45, 7) is 6.28. The molecule has 0 aliphatic carbocycles. The predicted molar refractivity (Wildman–Crippen MR) is 71.0 cm³/mol. The summed E-state index contributed by atoms with van der Waals surface area (Å²) in [6, 6.07) is 7.44. The normalized spacial score (nSPS) is 10.3. The number of unbranched alkanes of at least 4 members (excludes halogenated alkanes) is 2. The van der Waals surface area contributed by atoms with Crippen molar-refractivity contribution >= 4 is 5.97 Å². The molecule has 0 unspecified atom stereocenters. The molecule has 0 saturated carbocycles. The van der Waals surface area contributed by atoms with Crippen molar-refractivity contribution in [3.05, 3.63) is 42.3 Å². The molecule has 1 radical (unpaired) electrons. The van der Waals surface area contributed by atoms with Crippen molar-refractivity contribution in [2.24, 2.45) is 0 Å². The fourth-order valence-corrected chi connectivity index (χ4v) is 1.58. The van der Waals surface area contributed by atoms with Gasteiger partial charge in [-0.25, -0.2) is 4.79 Å². The number of hydrogen-bond acceptors (Lipinski definition) is 3. The molecule has 3 heteroatoms. The van der Waals surface area contributed by atoms with Crippen molar-refractivity contribution in [3.63, 3.8) is 0 Å². The first-order valence-corrected chi connectivity index (χ1v) is 6.50. The summed E-state index contributed by atoms with van der Waals surface area (Å²) < 4.78 is 0. The fraction of sp³-hybridized carbons (Fsp3) is 0.467. The van der Waals surface area contributed by atoms with Gasteiger partial charge in [-0.05, 0) is 30.5 Å². The summed E-state index contributed by atoms with van der Waals surface area (Å²) in [4.78, 5) is 21.2. The van der Waals surface area contributed by atoms with E-state index in [1.165, 1.54) is 5.56 Å². The van der Waals surface area contributed by atoms with Crippen LogP contribution in [0.25, 0.3) is 0 Å². The van der Waals surface area contributed by atoms with Crippen LogP contribution in [0, 0.1) is 6.92 Å². The van der Waals surface area contributed by atoms with Crippen LogP contribution in [0.15, 0.2) is 24.3 Å². The van der Waals surface area contributed by atoms with E-state index >= 15 is 0 Å². The average molecular weight is 249 g/mol. The third kappa shape index (κ3) is 5.32. The van der Waals surface area contributed by atoms with Crippen LogP contribution in [0.2, 0.25) is 0 Å². The van der Waals surface area contributed by atoms with E-state index in [4.69, 9.17) is 9.78 Å². The maximum absolute atomic E-state index is 11.6. The van der Waals surface area contributed by atoms with Gasteiger partial charge in [0.1, 0.15) is 0 Å². The van der Waals surface area contributed by atoms with Gasteiger partial charge in [0.2, 0.25) is 0 Å². The van der Waals surface area contributed by atoms with Crippen LogP contribution < -0.4 is 0 Å². The number of benzene rings is 1. The molecule has 18 heavy (non-hydrogen) atoms. The van der Waals surface area contributed by atoms with Crippen LogP contribution in [0.1, 0.15) is 48.5 Å². The lowest BCUT2D eigenvalue weighted by Gasteiger charge is -2.04. The second-order valence-electron chi connectivity index (χ2n) is 4.20. The van der Waals surface area contributed by atoms with Crippen LogP contribution >= 0.6 is 0 Å². The van der Waals surface area contributed by atoms with Crippen LogP contribution in [0.3, 0.4) is 0 Å². The van der Waals surface area contributed by atoms with E-state index in [2.05, 4.69) is 13.8 Å². The van der Waals surface area contributed by atoms with E-state index in [1.54, 1.807) is 12.1 Å². The first kappa shape index (κ1) is 14.7. The fourth-order valence-electron chi connectivity index (χ4n) is 1.58. The molecule has 0 atom stereocenters. The Bertz CT molecular complexity index is 343. The minimum Gasteiger partial charge on any atom is -0.293 e. The summed E-state index contributed by atoms with van der Waals surface area (Å²) in [5, 5.41) is 0. The van der Waals surface area contributed by atoms with Gasteiger partial charge in [-0.3, -0.25) is 4.89 Å². The zero-order chi connectivity index (χ0) is 13.2. The van der Waals surface area contributed by atoms with Gasteiger partial charge >= 0.3 is 5.97 Å². The van der Waals surface area contributed by atoms with Gasteiger partial charge in [-0.1, -0.05) is 45.2 Å². The lowest BCUT2D eigenvalue weighted by Crippen LogP contribution is -2.07. The van der Waals surface area contributed by atoms with Crippen LogP contribution in [-0.4, -0.2) is 12.6 Å². The highest BCUT2D eigenvalue weighted by atomic mass is 17.2. The lowest BCUT2D eigenvalue weighted by molar-refractivity contribution is -0.241.